The SMILES string of the molecule is C=CC(=O)OC(C)P1(=O)OCCO1. The molecule has 1 fully saturated rings. The van der Waals surface area contributed by atoms with Crippen molar-refractivity contribution in [2.45, 2.75) is 12.8 Å². The summed E-state index contributed by atoms with van der Waals surface area (Å²) in [6, 6.07) is 0. The van der Waals surface area contributed by atoms with Gasteiger partial charge in [-0.2, -0.15) is 0 Å². The van der Waals surface area contributed by atoms with E-state index in [4.69, 9.17) is 13.8 Å². The largest absolute Gasteiger partial charge is 0.447 e. The second-order valence-corrected chi connectivity index (χ2v) is 4.77. The van der Waals surface area contributed by atoms with Crippen LogP contribution in [0.2, 0.25) is 0 Å². The van der Waals surface area contributed by atoms with E-state index in [1.807, 2.05) is 0 Å². The molecule has 0 aromatic carbocycles. The van der Waals surface area contributed by atoms with Crippen LogP contribution in [0.1, 0.15) is 6.92 Å². The lowest BCUT2D eigenvalue weighted by Crippen LogP contribution is -2.13. The van der Waals surface area contributed by atoms with Gasteiger partial charge in [0.2, 0.25) is 0 Å². The summed E-state index contributed by atoms with van der Waals surface area (Å²) in [5.41, 5.74) is 0. The van der Waals surface area contributed by atoms with Crippen molar-refractivity contribution in [2.75, 3.05) is 13.2 Å². The summed E-state index contributed by atoms with van der Waals surface area (Å²) in [6.45, 7) is 5.23. The summed E-state index contributed by atoms with van der Waals surface area (Å²) in [6.07, 6.45) is 0.999. The van der Waals surface area contributed by atoms with Gasteiger partial charge < -0.3 is 13.8 Å². The fourth-order valence-corrected chi connectivity index (χ4v) is 2.24. The number of hydrogen-bond acceptors (Lipinski definition) is 5. The normalized spacial score (nSPS) is 22.2. The van der Waals surface area contributed by atoms with Crippen LogP contribution in [-0.4, -0.2) is 25.0 Å². The van der Waals surface area contributed by atoms with E-state index in [0.29, 0.717) is 0 Å². The molecule has 0 N–H and O–H groups in total. The minimum atomic E-state index is -3.22. The van der Waals surface area contributed by atoms with E-state index < -0.39 is 19.4 Å². The van der Waals surface area contributed by atoms with Crippen molar-refractivity contribution in [3.63, 3.8) is 0 Å². The molecule has 0 radical (unpaired) electrons. The van der Waals surface area contributed by atoms with Crippen LogP contribution in [0, 0.1) is 0 Å². The third kappa shape index (κ3) is 2.40. The lowest BCUT2D eigenvalue weighted by molar-refractivity contribution is -0.139. The Bertz CT molecular complexity index is 252. The van der Waals surface area contributed by atoms with Gasteiger partial charge in [-0.1, -0.05) is 6.58 Å². The van der Waals surface area contributed by atoms with E-state index in [2.05, 4.69) is 6.58 Å². The Morgan fingerprint density at radius 2 is 2.15 bits per heavy atom. The van der Waals surface area contributed by atoms with Gasteiger partial charge in [0.25, 0.3) is 0 Å². The maximum Gasteiger partial charge on any atom is 0.370 e. The van der Waals surface area contributed by atoms with Crippen LogP contribution in [0.4, 0.5) is 0 Å². The number of rotatable bonds is 3. The van der Waals surface area contributed by atoms with Crippen molar-refractivity contribution < 1.29 is 23.1 Å². The Morgan fingerprint density at radius 3 is 2.62 bits per heavy atom. The average molecular weight is 206 g/mol. The first-order valence-electron chi connectivity index (χ1n) is 3.80. The van der Waals surface area contributed by atoms with Crippen molar-refractivity contribution in [1.82, 2.24) is 0 Å². The van der Waals surface area contributed by atoms with Crippen LogP contribution >= 0.6 is 7.60 Å². The van der Waals surface area contributed by atoms with Crippen LogP contribution < -0.4 is 0 Å². The third-order valence-corrected chi connectivity index (χ3v) is 3.61. The highest BCUT2D eigenvalue weighted by Gasteiger charge is 2.39. The van der Waals surface area contributed by atoms with Gasteiger partial charge in [-0.3, -0.25) is 4.57 Å². The zero-order valence-electron chi connectivity index (χ0n) is 7.26. The summed E-state index contributed by atoms with van der Waals surface area (Å²) in [5, 5.41) is 0. The first-order chi connectivity index (χ1) is 6.08. The van der Waals surface area contributed by atoms with Crippen molar-refractivity contribution in [2.24, 2.45) is 0 Å². The molecular formula is C7H11O5P. The molecule has 0 aromatic rings. The van der Waals surface area contributed by atoms with E-state index >= 15 is 0 Å². The smallest absolute Gasteiger partial charge is 0.370 e. The van der Waals surface area contributed by atoms with E-state index in [9.17, 15) is 9.36 Å². The van der Waals surface area contributed by atoms with Crippen LogP contribution in [0.15, 0.2) is 12.7 Å². The Labute approximate surface area is 76.2 Å². The number of hydrogen-bond donors (Lipinski definition) is 0. The second-order valence-electron chi connectivity index (χ2n) is 2.45. The van der Waals surface area contributed by atoms with Crippen molar-refractivity contribution >= 4 is 13.6 Å². The Morgan fingerprint density at radius 1 is 1.62 bits per heavy atom. The minimum absolute atomic E-state index is 0.271. The van der Waals surface area contributed by atoms with Crippen LogP contribution in [0.3, 0.4) is 0 Å². The molecule has 1 rings (SSSR count). The molecule has 1 saturated heterocycles. The van der Waals surface area contributed by atoms with Gasteiger partial charge >= 0.3 is 13.6 Å². The molecule has 1 heterocycles. The molecule has 0 bridgehead atoms. The molecule has 0 spiro atoms. The molecular weight excluding hydrogens is 195 g/mol. The molecule has 5 nitrogen and oxygen atoms in total. The lowest BCUT2D eigenvalue weighted by Gasteiger charge is -2.16. The summed E-state index contributed by atoms with van der Waals surface area (Å²) in [7, 11) is -3.22. The Kier molecular flexibility index (Phi) is 3.25. The maximum absolute atomic E-state index is 11.6. The first-order valence-corrected chi connectivity index (χ1v) is 5.41. The number of carbonyl (C=O) groups excluding carboxylic acids is 1. The van der Waals surface area contributed by atoms with Crippen molar-refractivity contribution in [3.8, 4) is 0 Å². The zero-order valence-corrected chi connectivity index (χ0v) is 8.16. The topological polar surface area (TPSA) is 61.8 Å². The predicted molar refractivity (Wildman–Crippen MR) is 45.3 cm³/mol. The fraction of sp³-hybridized carbons (Fsp3) is 0.571. The fourth-order valence-electron chi connectivity index (χ4n) is 0.857. The molecule has 0 saturated carbocycles. The van der Waals surface area contributed by atoms with E-state index in [1.54, 1.807) is 0 Å². The number of esters is 1. The average Bonchev–Trinajstić information content (AvgIpc) is 2.53. The predicted octanol–water partition coefficient (Wildman–Crippen LogP) is 1.30. The highest BCUT2D eigenvalue weighted by atomic mass is 31.2. The van der Waals surface area contributed by atoms with Gasteiger partial charge in [0.15, 0.2) is 5.85 Å². The molecule has 0 aliphatic carbocycles. The molecule has 1 aliphatic rings. The summed E-state index contributed by atoms with van der Waals surface area (Å²) < 4.78 is 26.1. The third-order valence-electron chi connectivity index (χ3n) is 1.52. The number of ether oxygens (including phenoxy) is 1. The molecule has 1 aliphatic heterocycles. The molecule has 0 amide bonds. The summed E-state index contributed by atoms with van der Waals surface area (Å²) in [4.78, 5) is 10.7. The van der Waals surface area contributed by atoms with Gasteiger partial charge in [0, 0.05) is 6.08 Å². The zero-order chi connectivity index (χ0) is 9.90. The van der Waals surface area contributed by atoms with E-state index in [-0.39, 0.29) is 13.2 Å². The monoisotopic (exact) mass is 206 g/mol. The number of carbonyl (C=O) groups is 1. The highest BCUT2D eigenvalue weighted by molar-refractivity contribution is 7.54. The van der Waals surface area contributed by atoms with Gasteiger partial charge in [-0.05, 0) is 6.92 Å². The Hall–Kier alpha value is -0.640. The molecule has 0 aromatic heterocycles. The van der Waals surface area contributed by atoms with Crippen LogP contribution in [0.25, 0.3) is 0 Å². The molecule has 1 atom stereocenters. The summed E-state index contributed by atoms with van der Waals surface area (Å²) >= 11 is 0. The Balaban J connectivity index is 2.56. The van der Waals surface area contributed by atoms with E-state index in [0.717, 1.165) is 6.08 Å². The van der Waals surface area contributed by atoms with Crippen LogP contribution in [0.5, 0.6) is 0 Å². The van der Waals surface area contributed by atoms with Gasteiger partial charge in [-0.25, -0.2) is 4.79 Å². The molecule has 13 heavy (non-hydrogen) atoms. The first kappa shape index (κ1) is 10.4. The molecule has 74 valence electrons. The quantitative estimate of drug-likeness (QED) is 0.395. The van der Waals surface area contributed by atoms with Gasteiger partial charge in [0.05, 0.1) is 13.2 Å². The lowest BCUT2D eigenvalue weighted by atomic mass is 10.6. The molecule has 1 unspecified atom stereocenters. The highest BCUT2D eigenvalue weighted by Crippen LogP contribution is 2.56. The molecule has 6 heteroatoms. The second kappa shape index (κ2) is 4.05. The van der Waals surface area contributed by atoms with Crippen LogP contribution in [-0.2, 0) is 23.1 Å². The van der Waals surface area contributed by atoms with Crippen molar-refractivity contribution in [3.05, 3.63) is 12.7 Å². The van der Waals surface area contributed by atoms with Gasteiger partial charge in [-0.15, -0.1) is 0 Å². The standard InChI is InChI=1S/C7H11O5P/c1-3-7(8)12-6(2)13(9)10-4-5-11-13/h3,6H,1,4-5H2,2H3. The van der Waals surface area contributed by atoms with Crippen molar-refractivity contribution in [1.29, 1.82) is 0 Å². The summed E-state index contributed by atoms with van der Waals surface area (Å²) in [5.74, 6) is -1.51. The van der Waals surface area contributed by atoms with E-state index in [1.165, 1.54) is 6.92 Å². The maximum atomic E-state index is 11.6. The van der Waals surface area contributed by atoms with Gasteiger partial charge in [0.1, 0.15) is 0 Å². The minimum Gasteiger partial charge on any atom is -0.447 e.